The minimum atomic E-state index is -0.273. The third kappa shape index (κ3) is 12.3. The van der Waals surface area contributed by atoms with Crippen LogP contribution in [0.15, 0.2) is 59.9 Å². The number of aryl methyl sites for hydroxylation is 1. The van der Waals surface area contributed by atoms with Crippen molar-refractivity contribution in [3.8, 4) is 0 Å². The van der Waals surface area contributed by atoms with Crippen LogP contribution in [0.4, 0.5) is 4.39 Å². The molecule has 0 bridgehead atoms. The topological polar surface area (TPSA) is 99.8 Å². The van der Waals surface area contributed by atoms with Crippen molar-refractivity contribution in [1.82, 2.24) is 20.9 Å². The Balaban J connectivity index is 0.000000661. The van der Waals surface area contributed by atoms with E-state index in [0.717, 1.165) is 68.1 Å². The van der Waals surface area contributed by atoms with Crippen molar-refractivity contribution < 1.29 is 23.5 Å². The Bertz CT molecular complexity index is 1060. The second kappa shape index (κ2) is 19.0. The van der Waals surface area contributed by atoms with Crippen LogP contribution in [-0.4, -0.2) is 75.4 Å². The van der Waals surface area contributed by atoms with E-state index in [4.69, 9.17) is 4.74 Å². The smallest absolute Gasteiger partial charge is 0.240 e. The molecule has 9 heteroatoms. The molecule has 3 N–H and O–H groups in total. The highest BCUT2D eigenvalue weighted by Crippen LogP contribution is 2.34. The number of halogens is 1. The Hall–Kier alpha value is -3.30. The number of aldehydes is 1. The monoisotopic (exact) mass is 584 g/mol. The summed E-state index contributed by atoms with van der Waals surface area (Å²) in [6.07, 6.45) is 11.1. The van der Waals surface area contributed by atoms with E-state index in [1.807, 2.05) is 19.9 Å². The molecule has 1 aliphatic heterocycles. The minimum absolute atomic E-state index is 0.0140. The van der Waals surface area contributed by atoms with E-state index in [9.17, 15) is 18.8 Å². The third-order valence-corrected chi connectivity index (χ3v) is 7.38. The van der Waals surface area contributed by atoms with E-state index in [1.54, 1.807) is 26.2 Å². The fourth-order valence-corrected chi connectivity index (χ4v) is 4.79. The average Bonchev–Trinajstić information content (AvgIpc) is 3.83. The zero-order chi connectivity index (χ0) is 30.9. The summed E-state index contributed by atoms with van der Waals surface area (Å²) in [5, 5.41) is 9.21. The molecule has 0 aromatic heterocycles. The van der Waals surface area contributed by atoms with Crippen molar-refractivity contribution >= 4 is 18.1 Å². The fraction of sp³-hybridized carbons (Fsp3) is 0.545. The quantitative estimate of drug-likeness (QED) is 0.224. The van der Waals surface area contributed by atoms with E-state index in [-0.39, 0.29) is 36.3 Å². The summed E-state index contributed by atoms with van der Waals surface area (Å²) >= 11 is 0. The molecule has 2 aliphatic rings. The Labute approximate surface area is 250 Å². The number of carbonyl (C=O) groups excluding carboxylic acids is 3. The van der Waals surface area contributed by atoms with Crippen LogP contribution in [-0.2, 0) is 19.1 Å². The highest BCUT2D eigenvalue weighted by Gasteiger charge is 2.38. The fourth-order valence-electron chi connectivity index (χ4n) is 4.79. The van der Waals surface area contributed by atoms with Gasteiger partial charge in [-0.2, -0.15) is 0 Å². The largest absolute Gasteiger partial charge is 0.489 e. The van der Waals surface area contributed by atoms with Gasteiger partial charge in [0.2, 0.25) is 11.8 Å². The second-order valence-electron chi connectivity index (χ2n) is 10.9. The summed E-state index contributed by atoms with van der Waals surface area (Å²) in [7, 11) is 3.42. The van der Waals surface area contributed by atoms with Gasteiger partial charge in [0.1, 0.15) is 24.0 Å². The third-order valence-electron chi connectivity index (χ3n) is 7.38. The van der Waals surface area contributed by atoms with Crippen molar-refractivity contribution in [2.45, 2.75) is 70.9 Å². The first kappa shape index (κ1) is 34.9. The van der Waals surface area contributed by atoms with E-state index in [2.05, 4.69) is 28.6 Å². The molecule has 1 saturated carbocycles. The lowest BCUT2D eigenvalue weighted by Crippen LogP contribution is -2.49. The molecule has 8 nitrogen and oxygen atoms in total. The molecule has 1 aromatic rings. The Kier molecular flexibility index (Phi) is 15.8. The normalized spacial score (nSPS) is 19.4. The van der Waals surface area contributed by atoms with Crippen molar-refractivity contribution in [2.75, 3.05) is 40.3 Å². The average molecular weight is 585 g/mol. The zero-order valence-corrected chi connectivity index (χ0v) is 25.7. The predicted octanol–water partition coefficient (Wildman–Crippen LogP) is 4.22. The van der Waals surface area contributed by atoms with Crippen molar-refractivity contribution in [2.24, 2.45) is 5.92 Å². The molecule has 1 heterocycles. The molecule has 0 spiro atoms. The summed E-state index contributed by atoms with van der Waals surface area (Å²) in [4.78, 5) is 36.8. The number of nitrogens with one attached hydrogen (secondary N) is 3. The van der Waals surface area contributed by atoms with Gasteiger partial charge >= 0.3 is 0 Å². The van der Waals surface area contributed by atoms with Crippen LogP contribution in [0.5, 0.6) is 0 Å². The standard InChI is InChI=1S/C26H42N4O4.C7H7F/c1-5-19-9-7-11-22(17-29-24(21-12-13-21)26(33)30(4)15-16-31)34-25(19)20(6-2)10-8-14-28-23(32)18-27-3;1-6-2-4-7(8)5-3-6/h5-6,16,21-22,24,27,29H,2,7-15,17-18H2,1,3-4H3,(H,28,32);2-5H,1H3/b19-5-,25-20-;. The maximum atomic E-state index is 12.8. The van der Waals surface area contributed by atoms with E-state index in [0.29, 0.717) is 25.6 Å². The molecule has 1 aromatic carbocycles. The van der Waals surface area contributed by atoms with Crippen molar-refractivity contribution in [1.29, 1.82) is 0 Å². The molecular formula is C33H49FN4O4. The zero-order valence-electron chi connectivity index (χ0n) is 25.7. The lowest BCUT2D eigenvalue weighted by atomic mass is 10.0. The van der Waals surface area contributed by atoms with Crippen LogP contribution in [0, 0.1) is 18.7 Å². The van der Waals surface area contributed by atoms with Crippen LogP contribution in [0.25, 0.3) is 0 Å². The number of nitrogens with zero attached hydrogens (tertiary/aromatic N) is 1. The maximum absolute atomic E-state index is 12.8. The molecule has 2 amide bonds. The predicted molar refractivity (Wildman–Crippen MR) is 165 cm³/mol. The first-order chi connectivity index (χ1) is 20.2. The van der Waals surface area contributed by atoms with E-state index < -0.39 is 0 Å². The summed E-state index contributed by atoms with van der Waals surface area (Å²) in [5.74, 6) is 1.00. The highest BCUT2D eigenvalue weighted by molar-refractivity contribution is 5.84. The SMILES string of the molecule is C=C/C(CCCNC(=O)CNC)=C1/OC(CNC(C(=O)N(C)CC=O)C2CC2)CCC/C1=C/C.Cc1ccc(F)cc1. The number of hydrogen-bond acceptors (Lipinski definition) is 6. The number of ether oxygens (including phenoxy) is 1. The Morgan fingerprint density at radius 1 is 1.21 bits per heavy atom. The molecular weight excluding hydrogens is 535 g/mol. The maximum Gasteiger partial charge on any atom is 0.240 e. The van der Waals surface area contributed by atoms with Crippen molar-refractivity contribution in [3.63, 3.8) is 0 Å². The summed E-state index contributed by atoms with van der Waals surface area (Å²) < 4.78 is 18.6. The highest BCUT2D eigenvalue weighted by atomic mass is 19.1. The molecule has 3 rings (SSSR count). The molecule has 42 heavy (non-hydrogen) atoms. The van der Waals surface area contributed by atoms with Gasteiger partial charge < -0.3 is 30.4 Å². The van der Waals surface area contributed by atoms with E-state index >= 15 is 0 Å². The van der Waals surface area contributed by atoms with Gasteiger partial charge in [-0.1, -0.05) is 36.4 Å². The van der Waals surface area contributed by atoms with Crippen LogP contribution in [0.1, 0.15) is 57.4 Å². The number of likely N-dealkylation sites (N-methyl/N-ethyl adjacent to an activating group) is 2. The van der Waals surface area contributed by atoms with Gasteiger partial charge in [-0.3, -0.25) is 9.59 Å². The molecule has 232 valence electrons. The Morgan fingerprint density at radius 3 is 2.50 bits per heavy atom. The molecule has 2 atom stereocenters. The summed E-state index contributed by atoms with van der Waals surface area (Å²) in [5.41, 5.74) is 3.31. The van der Waals surface area contributed by atoms with Crippen LogP contribution < -0.4 is 16.0 Å². The molecule has 1 saturated heterocycles. The van der Waals surface area contributed by atoms with Gasteiger partial charge in [0.05, 0.1) is 19.1 Å². The van der Waals surface area contributed by atoms with E-state index in [1.165, 1.54) is 22.6 Å². The Morgan fingerprint density at radius 2 is 1.93 bits per heavy atom. The number of carbonyl (C=O) groups is 3. The first-order valence-corrected chi connectivity index (χ1v) is 15.0. The van der Waals surface area contributed by atoms with Crippen LogP contribution in [0.2, 0.25) is 0 Å². The van der Waals surface area contributed by atoms with Gasteiger partial charge in [-0.15, -0.1) is 0 Å². The van der Waals surface area contributed by atoms with Gasteiger partial charge in [-0.05, 0) is 95.0 Å². The lowest BCUT2D eigenvalue weighted by molar-refractivity contribution is -0.134. The summed E-state index contributed by atoms with van der Waals surface area (Å²) in [6, 6.07) is 6.13. The lowest BCUT2D eigenvalue weighted by Gasteiger charge is -2.26. The van der Waals surface area contributed by atoms with Gasteiger partial charge in [0, 0.05) is 20.1 Å². The number of rotatable bonds is 14. The minimum Gasteiger partial charge on any atom is -0.489 e. The summed E-state index contributed by atoms with van der Waals surface area (Å²) in [6.45, 7) is 9.57. The van der Waals surface area contributed by atoms with Gasteiger partial charge in [-0.25, -0.2) is 4.39 Å². The van der Waals surface area contributed by atoms with Crippen LogP contribution >= 0.6 is 0 Å². The van der Waals surface area contributed by atoms with Crippen molar-refractivity contribution in [3.05, 3.63) is 71.3 Å². The number of amides is 2. The molecule has 2 unspecified atom stereocenters. The number of hydrogen-bond donors (Lipinski definition) is 3. The molecule has 2 fully saturated rings. The molecule has 1 aliphatic carbocycles. The molecule has 0 radical (unpaired) electrons. The first-order valence-electron chi connectivity index (χ1n) is 15.0. The van der Waals surface area contributed by atoms with Gasteiger partial charge in [0.15, 0.2) is 0 Å². The van der Waals surface area contributed by atoms with Crippen LogP contribution in [0.3, 0.4) is 0 Å². The number of benzene rings is 1. The number of allylic oxidation sites excluding steroid dienone is 4. The second-order valence-corrected chi connectivity index (χ2v) is 10.9. The van der Waals surface area contributed by atoms with Gasteiger partial charge in [0.25, 0.3) is 0 Å².